The minimum Gasteiger partial charge on any atom is -0.492 e. The van der Waals surface area contributed by atoms with Crippen LogP contribution < -0.4 is 10.1 Å². The Labute approximate surface area is 156 Å². The molecule has 7 nitrogen and oxygen atoms in total. The fourth-order valence-electron chi connectivity index (χ4n) is 4.43. The van der Waals surface area contributed by atoms with Gasteiger partial charge in [-0.25, -0.2) is 0 Å². The Balaban J connectivity index is 1.49. The van der Waals surface area contributed by atoms with Crippen LogP contribution in [-0.4, -0.2) is 35.8 Å². The summed E-state index contributed by atoms with van der Waals surface area (Å²) in [5.74, 6) is -0.984. The van der Waals surface area contributed by atoms with Crippen molar-refractivity contribution in [2.75, 3.05) is 18.5 Å². The summed E-state index contributed by atoms with van der Waals surface area (Å²) in [5.41, 5.74) is 0.723. The number of hydrogen-bond donors (Lipinski definition) is 1. The van der Waals surface area contributed by atoms with Gasteiger partial charge in [-0.05, 0) is 43.4 Å². The summed E-state index contributed by atoms with van der Waals surface area (Å²) in [5, 5.41) is 11.7. The number of nitrogens with one attached hydrogen (secondary N) is 1. The number of carbonyl (C=O) groups is 3. The molecule has 4 unspecified atom stereocenters. The van der Waals surface area contributed by atoms with Crippen molar-refractivity contribution in [2.24, 2.45) is 23.7 Å². The lowest BCUT2D eigenvalue weighted by Gasteiger charge is -2.17. The third-order valence-corrected chi connectivity index (χ3v) is 5.55. The molecule has 2 fully saturated rings. The molecule has 7 heteroatoms. The summed E-state index contributed by atoms with van der Waals surface area (Å²) in [6.45, 7) is 1.88. The lowest BCUT2D eigenvalue weighted by Crippen LogP contribution is -2.39. The summed E-state index contributed by atoms with van der Waals surface area (Å²) in [4.78, 5) is 38.9. The minimum atomic E-state index is -0.493. The highest BCUT2D eigenvalue weighted by atomic mass is 16.5. The first-order valence-electron chi connectivity index (χ1n) is 9.03. The van der Waals surface area contributed by atoms with E-state index in [2.05, 4.69) is 5.32 Å². The smallest absolute Gasteiger partial charge is 0.244 e. The second-order valence-electron chi connectivity index (χ2n) is 7.07. The fourth-order valence-corrected chi connectivity index (χ4v) is 4.43. The zero-order valence-electron chi connectivity index (χ0n) is 14.8. The van der Waals surface area contributed by atoms with Crippen LogP contribution >= 0.6 is 0 Å². The van der Waals surface area contributed by atoms with Crippen LogP contribution in [-0.2, 0) is 14.4 Å². The molecule has 2 bridgehead atoms. The van der Waals surface area contributed by atoms with Crippen LogP contribution in [0, 0.1) is 35.0 Å². The number of hydrogen-bond acceptors (Lipinski definition) is 5. The highest BCUT2D eigenvalue weighted by Gasteiger charge is 2.59. The van der Waals surface area contributed by atoms with Crippen molar-refractivity contribution in [3.63, 3.8) is 0 Å². The van der Waals surface area contributed by atoms with Crippen LogP contribution in [0.4, 0.5) is 5.69 Å². The van der Waals surface area contributed by atoms with Crippen molar-refractivity contribution in [3.8, 4) is 11.8 Å². The van der Waals surface area contributed by atoms with Gasteiger partial charge in [0.05, 0.1) is 35.8 Å². The van der Waals surface area contributed by atoms with Crippen LogP contribution in [0.2, 0.25) is 0 Å². The van der Waals surface area contributed by atoms with Crippen molar-refractivity contribution in [1.29, 1.82) is 5.26 Å². The number of benzene rings is 1. The number of ether oxygens (including phenoxy) is 1. The van der Waals surface area contributed by atoms with E-state index < -0.39 is 5.91 Å². The number of anilines is 1. The Hall–Kier alpha value is -3.14. The van der Waals surface area contributed by atoms with Crippen molar-refractivity contribution < 1.29 is 19.1 Å². The second kappa shape index (κ2) is 6.54. The van der Waals surface area contributed by atoms with Crippen LogP contribution in [0.5, 0.6) is 5.75 Å². The number of rotatable bonds is 5. The normalized spacial score (nSPS) is 27.6. The summed E-state index contributed by atoms with van der Waals surface area (Å²) in [7, 11) is 0. The molecule has 2 aliphatic carbocycles. The van der Waals surface area contributed by atoms with E-state index in [1.54, 1.807) is 12.1 Å². The molecule has 3 aliphatic rings. The number of imide groups is 1. The molecule has 1 aliphatic heterocycles. The van der Waals surface area contributed by atoms with Crippen molar-refractivity contribution in [3.05, 3.63) is 35.9 Å². The number of carbonyl (C=O) groups excluding carboxylic acids is 3. The second-order valence-corrected chi connectivity index (χ2v) is 7.07. The Morgan fingerprint density at radius 1 is 1.26 bits per heavy atom. The number of likely N-dealkylation sites (tertiary alicyclic amines) is 1. The van der Waals surface area contributed by atoms with E-state index in [9.17, 15) is 14.4 Å². The van der Waals surface area contributed by atoms with Gasteiger partial charge in [0.25, 0.3) is 0 Å². The van der Waals surface area contributed by atoms with Gasteiger partial charge in [-0.15, -0.1) is 0 Å². The molecule has 1 aromatic carbocycles. The fraction of sp³-hybridized carbons (Fsp3) is 0.400. The molecule has 27 heavy (non-hydrogen) atoms. The molecular weight excluding hydrogens is 346 g/mol. The van der Waals surface area contributed by atoms with E-state index in [-0.39, 0.29) is 42.0 Å². The van der Waals surface area contributed by atoms with E-state index >= 15 is 0 Å². The molecule has 0 aromatic heterocycles. The molecule has 1 N–H and O–H groups in total. The molecule has 1 saturated carbocycles. The van der Waals surface area contributed by atoms with E-state index in [0.717, 1.165) is 11.3 Å². The number of nitriles is 1. The number of fused-ring (bicyclic) bond motifs is 5. The van der Waals surface area contributed by atoms with E-state index in [1.165, 1.54) is 6.07 Å². The van der Waals surface area contributed by atoms with Gasteiger partial charge in [0.2, 0.25) is 17.7 Å². The lowest BCUT2D eigenvalue weighted by atomic mass is 9.85. The minimum absolute atomic E-state index is 0.112. The number of allylic oxidation sites excluding steroid dienone is 2. The average Bonchev–Trinajstić information content (AvgIpc) is 3.33. The molecule has 4 rings (SSSR count). The summed E-state index contributed by atoms with van der Waals surface area (Å²) < 4.78 is 5.47. The first kappa shape index (κ1) is 17.3. The third-order valence-electron chi connectivity index (χ3n) is 5.55. The molecule has 0 radical (unpaired) electrons. The standard InChI is InChI=1S/C20H19N3O4/c1-2-27-15-6-3-11(9-21)7-14(15)22-16(24)10-23-19(25)17-12-4-5-13(8-12)18(17)20(23)26/h3-7,12-13,17-18H,2,8,10H2,1H3,(H,22,24). The number of nitrogens with zero attached hydrogens (tertiary/aromatic N) is 2. The SMILES string of the molecule is CCOc1ccc(C#N)cc1NC(=O)CN1C(=O)C2C3C=CC(C3)C2C1=O. The summed E-state index contributed by atoms with van der Waals surface area (Å²) in [6.07, 6.45) is 4.89. The maximum Gasteiger partial charge on any atom is 0.244 e. The predicted molar refractivity (Wildman–Crippen MR) is 95.4 cm³/mol. The Kier molecular flexibility index (Phi) is 4.19. The maximum absolute atomic E-state index is 12.7. The summed E-state index contributed by atoms with van der Waals surface area (Å²) in [6, 6.07) is 6.72. The highest BCUT2D eigenvalue weighted by Crippen LogP contribution is 2.52. The zero-order valence-corrected chi connectivity index (χ0v) is 14.8. The van der Waals surface area contributed by atoms with E-state index in [4.69, 9.17) is 10.00 Å². The van der Waals surface area contributed by atoms with E-state index in [0.29, 0.717) is 23.6 Å². The Morgan fingerprint density at radius 2 is 1.93 bits per heavy atom. The van der Waals surface area contributed by atoms with Gasteiger partial charge in [-0.2, -0.15) is 5.26 Å². The van der Waals surface area contributed by atoms with Crippen molar-refractivity contribution in [1.82, 2.24) is 4.90 Å². The first-order chi connectivity index (χ1) is 13.0. The third kappa shape index (κ3) is 2.78. The highest BCUT2D eigenvalue weighted by molar-refractivity contribution is 6.09. The topological polar surface area (TPSA) is 99.5 Å². The quantitative estimate of drug-likeness (QED) is 0.632. The van der Waals surface area contributed by atoms with Crippen LogP contribution in [0.1, 0.15) is 18.9 Å². The molecule has 138 valence electrons. The average molecular weight is 365 g/mol. The van der Waals surface area contributed by atoms with Gasteiger partial charge in [0.1, 0.15) is 12.3 Å². The maximum atomic E-state index is 12.7. The zero-order chi connectivity index (χ0) is 19.1. The first-order valence-corrected chi connectivity index (χ1v) is 9.03. The molecule has 4 atom stereocenters. The Morgan fingerprint density at radius 3 is 2.52 bits per heavy atom. The molecule has 3 amide bonds. The van der Waals surface area contributed by atoms with Crippen LogP contribution in [0.15, 0.2) is 30.4 Å². The predicted octanol–water partition coefficient (Wildman–Crippen LogP) is 1.70. The van der Waals surface area contributed by atoms with Gasteiger partial charge in [0.15, 0.2) is 0 Å². The molecular formula is C20H19N3O4. The van der Waals surface area contributed by atoms with Crippen LogP contribution in [0.25, 0.3) is 0 Å². The van der Waals surface area contributed by atoms with Crippen molar-refractivity contribution in [2.45, 2.75) is 13.3 Å². The van der Waals surface area contributed by atoms with Crippen molar-refractivity contribution >= 4 is 23.4 Å². The lowest BCUT2D eigenvalue weighted by molar-refractivity contribution is -0.143. The van der Waals surface area contributed by atoms with E-state index in [1.807, 2.05) is 25.1 Å². The molecule has 1 aromatic rings. The number of amides is 3. The molecule has 1 heterocycles. The van der Waals surface area contributed by atoms with Gasteiger partial charge >= 0.3 is 0 Å². The van der Waals surface area contributed by atoms with Gasteiger partial charge in [-0.3, -0.25) is 19.3 Å². The monoisotopic (exact) mass is 365 g/mol. The summed E-state index contributed by atoms with van der Waals surface area (Å²) >= 11 is 0. The molecule has 0 spiro atoms. The van der Waals surface area contributed by atoms with Crippen LogP contribution in [0.3, 0.4) is 0 Å². The molecule has 1 saturated heterocycles. The Bertz CT molecular complexity index is 871. The van der Waals surface area contributed by atoms with Gasteiger partial charge in [-0.1, -0.05) is 12.2 Å². The van der Waals surface area contributed by atoms with Gasteiger partial charge in [0, 0.05) is 0 Å². The largest absolute Gasteiger partial charge is 0.492 e. The van der Waals surface area contributed by atoms with Gasteiger partial charge < -0.3 is 10.1 Å².